The van der Waals surface area contributed by atoms with Crippen LogP contribution < -0.4 is 27.0 Å². The second-order valence-corrected chi connectivity index (χ2v) is 6.90. The van der Waals surface area contributed by atoms with Crippen LogP contribution in [-0.4, -0.2) is 40.9 Å². The molecule has 0 radical (unpaired) electrons. The molecule has 0 saturated carbocycles. The summed E-state index contributed by atoms with van der Waals surface area (Å²) in [4.78, 5) is 45.7. The third-order valence-corrected chi connectivity index (χ3v) is 4.44. The molecule has 1 aliphatic heterocycles. The van der Waals surface area contributed by atoms with Gasteiger partial charge in [-0.1, -0.05) is 0 Å². The minimum atomic E-state index is -0.485. The Kier molecular flexibility index (Phi) is 6.98. The van der Waals surface area contributed by atoms with Gasteiger partial charge in [0.05, 0.1) is 5.75 Å². The van der Waals surface area contributed by atoms with Gasteiger partial charge in [0.1, 0.15) is 5.50 Å². The van der Waals surface area contributed by atoms with Crippen LogP contribution in [0, 0.1) is 0 Å². The first-order valence-corrected chi connectivity index (χ1v) is 8.99. The van der Waals surface area contributed by atoms with Crippen molar-refractivity contribution >= 4 is 46.8 Å². The Balaban J connectivity index is 1.79. The van der Waals surface area contributed by atoms with Crippen molar-refractivity contribution in [3.63, 3.8) is 0 Å². The first-order chi connectivity index (χ1) is 12.3. The fourth-order valence-corrected chi connectivity index (χ4v) is 3.30. The third-order valence-electron chi connectivity index (χ3n) is 3.43. The smallest absolute Gasteiger partial charge is 0.234 e. The standard InChI is InChI=1S/C16H21N5O4S/c1-9(22)18-10-2-4-11(5-3-10)19-15(25)8-26-16-20-12(6-13(17)23)7-14(24)21-16/h2-5,12,16,20H,6-8H2,1H3,(H2,17,23)(H,18,22)(H,19,25)(H,21,24). The highest BCUT2D eigenvalue weighted by Gasteiger charge is 2.27. The topological polar surface area (TPSA) is 142 Å². The monoisotopic (exact) mass is 379 g/mol. The van der Waals surface area contributed by atoms with E-state index in [1.54, 1.807) is 24.3 Å². The lowest BCUT2D eigenvalue weighted by atomic mass is 10.1. The second-order valence-electron chi connectivity index (χ2n) is 5.80. The Morgan fingerprint density at radius 3 is 2.38 bits per heavy atom. The van der Waals surface area contributed by atoms with E-state index >= 15 is 0 Å². The van der Waals surface area contributed by atoms with E-state index in [-0.39, 0.29) is 42.4 Å². The van der Waals surface area contributed by atoms with E-state index in [4.69, 9.17) is 5.73 Å². The van der Waals surface area contributed by atoms with E-state index in [2.05, 4.69) is 21.3 Å². The van der Waals surface area contributed by atoms with Crippen LogP contribution in [0.15, 0.2) is 24.3 Å². The minimum absolute atomic E-state index is 0.0668. The lowest BCUT2D eigenvalue weighted by Gasteiger charge is -2.30. The maximum Gasteiger partial charge on any atom is 0.234 e. The molecule has 0 bridgehead atoms. The third kappa shape index (κ3) is 6.73. The number of thioether (sulfide) groups is 1. The Bertz CT molecular complexity index is 692. The molecule has 10 heteroatoms. The van der Waals surface area contributed by atoms with Gasteiger partial charge in [-0.15, -0.1) is 11.8 Å². The molecule has 6 N–H and O–H groups in total. The largest absolute Gasteiger partial charge is 0.370 e. The van der Waals surface area contributed by atoms with E-state index in [0.717, 1.165) is 0 Å². The van der Waals surface area contributed by atoms with Crippen LogP contribution in [0.4, 0.5) is 11.4 Å². The number of hydrogen-bond donors (Lipinski definition) is 5. The van der Waals surface area contributed by atoms with Gasteiger partial charge in [0, 0.05) is 37.2 Å². The van der Waals surface area contributed by atoms with Crippen molar-refractivity contribution in [3.05, 3.63) is 24.3 Å². The van der Waals surface area contributed by atoms with Crippen LogP contribution in [-0.2, 0) is 19.2 Å². The summed E-state index contributed by atoms with van der Waals surface area (Å²) in [7, 11) is 0. The Morgan fingerprint density at radius 2 is 1.81 bits per heavy atom. The van der Waals surface area contributed by atoms with Crippen molar-refractivity contribution in [1.29, 1.82) is 0 Å². The molecule has 1 aromatic carbocycles. The van der Waals surface area contributed by atoms with Gasteiger partial charge in [-0.3, -0.25) is 24.5 Å². The maximum atomic E-state index is 12.0. The number of carbonyl (C=O) groups is 4. The molecule has 4 amide bonds. The van der Waals surface area contributed by atoms with E-state index in [1.165, 1.54) is 18.7 Å². The van der Waals surface area contributed by atoms with Crippen LogP contribution in [0.3, 0.4) is 0 Å². The van der Waals surface area contributed by atoms with E-state index in [0.29, 0.717) is 11.4 Å². The molecule has 2 rings (SSSR count). The molecule has 0 aliphatic carbocycles. The summed E-state index contributed by atoms with van der Waals surface area (Å²) in [5, 5.41) is 11.1. The molecule has 0 spiro atoms. The Hall–Kier alpha value is -2.59. The highest BCUT2D eigenvalue weighted by molar-refractivity contribution is 8.00. The molecule has 2 atom stereocenters. The van der Waals surface area contributed by atoms with Crippen molar-refractivity contribution in [3.8, 4) is 0 Å². The van der Waals surface area contributed by atoms with Crippen LogP contribution in [0.25, 0.3) is 0 Å². The fraction of sp³-hybridized carbons (Fsp3) is 0.375. The SMILES string of the molecule is CC(=O)Nc1ccc(NC(=O)CSC2NC(=O)CC(CC(N)=O)N2)cc1. The molecule has 1 aliphatic rings. The second kappa shape index (κ2) is 9.20. The summed E-state index contributed by atoms with van der Waals surface area (Å²) in [5.74, 6) is -0.984. The number of carbonyl (C=O) groups excluding carboxylic acids is 4. The number of rotatable bonds is 7. The molecular formula is C16H21N5O4S. The van der Waals surface area contributed by atoms with Gasteiger partial charge >= 0.3 is 0 Å². The summed E-state index contributed by atoms with van der Waals surface area (Å²) in [6.45, 7) is 1.42. The van der Waals surface area contributed by atoms with E-state index in [1.807, 2.05) is 0 Å². The van der Waals surface area contributed by atoms with Crippen molar-refractivity contribution in [2.45, 2.75) is 31.3 Å². The summed E-state index contributed by atoms with van der Waals surface area (Å²) < 4.78 is 0. The normalized spacial score (nSPS) is 19.3. The molecule has 9 nitrogen and oxygen atoms in total. The van der Waals surface area contributed by atoms with Crippen LogP contribution in [0.1, 0.15) is 19.8 Å². The van der Waals surface area contributed by atoms with Gasteiger partial charge < -0.3 is 21.7 Å². The van der Waals surface area contributed by atoms with E-state index < -0.39 is 11.4 Å². The number of amides is 4. The van der Waals surface area contributed by atoms with Crippen molar-refractivity contribution in [1.82, 2.24) is 10.6 Å². The first-order valence-electron chi connectivity index (χ1n) is 7.94. The molecule has 26 heavy (non-hydrogen) atoms. The molecule has 1 saturated heterocycles. The van der Waals surface area contributed by atoms with Crippen LogP contribution in [0.2, 0.25) is 0 Å². The van der Waals surface area contributed by atoms with Crippen molar-refractivity contribution in [2.24, 2.45) is 5.73 Å². The molecule has 1 fully saturated rings. The quantitative estimate of drug-likeness (QED) is 0.450. The van der Waals surface area contributed by atoms with Gasteiger partial charge in [-0.05, 0) is 24.3 Å². The van der Waals surface area contributed by atoms with E-state index in [9.17, 15) is 19.2 Å². The molecule has 0 aromatic heterocycles. The molecule has 1 aromatic rings. The average Bonchev–Trinajstić information content (AvgIpc) is 2.53. The van der Waals surface area contributed by atoms with Gasteiger partial charge in [0.25, 0.3) is 0 Å². The zero-order chi connectivity index (χ0) is 19.1. The zero-order valence-corrected chi connectivity index (χ0v) is 15.0. The van der Waals surface area contributed by atoms with Crippen molar-refractivity contribution in [2.75, 3.05) is 16.4 Å². The highest BCUT2D eigenvalue weighted by Crippen LogP contribution is 2.16. The first kappa shape index (κ1) is 19.7. The Morgan fingerprint density at radius 1 is 1.19 bits per heavy atom. The summed E-state index contributed by atoms with van der Waals surface area (Å²) in [6, 6.07) is 6.39. The Labute approximate surface area is 154 Å². The number of anilines is 2. The molecule has 1 heterocycles. The van der Waals surface area contributed by atoms with Gasteiger partial charge in [-0.25, -0.2) is 0 Å². The summed E-state index contributed by atoms with van der Waals surface area (Å²) in [6.07, 6.45) is 0.240. The number of hydrogen-bond acceptors (Lipinski definition) is 6. The van der Waals surface area contributed by atoms with Gasteiger partial charge in [0.2, 0.25) is 23.6 Å². The zero-order valence-electron chi connectivity index (χ0n) is 14.2. The van der Waals surface area contributed by atoms with Gasteiger partial charge in [0.15, 0.2) is 0 Å². The van der Waals surface area contributed by atoms with Crippen LogP contribution >= 0.6 is 11.8 Å². The van der Waals surface area contributed by atoms with Gasteiger partial charge in [-0.2, -0.15) is 0 Å². The molecule has 2 unspecified atom stereocenters. The van der Waals surface area contributed by atoms with Crippen molar-refractivity contribution < 1.29 is 19.2 Å². The number of nitrogens with two attached hydrogens (primary N) is 1. The predicted molar refractivity (Wildman–Crippen MR) is 99.1 cm³/mol. The number of benzene rings is 1. The van der Waals surface area contributed by atoms with Crippen LogP contribution in [0.5, 0.6) is 0 Å². The average molecular weight is 379 g/mol. The fourth-order valence-electron chi connectivity index (χ4n) is 2.40. The minimum Gasteiger partial charge on any atom is -0.370 e. The maximum absolute atomic E-state index is 12.0. The summed E-state index contributed by atoms with van der Waals surface area (Å²) >= 11 is 1.21. The molecular weight excluding hydrogens is 358 g/mol. The lowest BCUT2D eigenvalue weighted by molar-refractivity contribution is -0.124. The number of primary amides is 1. The highest BCUT2D eigenvalue weighted by atomic mass is 32.2. The summed E-state index contributed by atoms with van der Waals surface area (Å²) in [5.41, 5.74) is 5.92. The number of nitrogens with one attached hydrogen (secondary N) is 4. The lowest BCUT2D eigenvalue weighted by Crippen LogP contribution is -2.55. The molecule has 140 valence electrons. The predicted octanol–water partition coefficient (Wildman–Crippen LogP) is -0.0462.